The van der Waals surface area contributed by atoms with Gasteiger partial charge in [-0.2, -0.15) is 0 Å². The average Bonchev–Trinajstić information content (AvgIpc) is 2.84. The smallest absolute Gasteiger partial charge is 0.340 e. The number of nitrogens with zero attached hydrogens (tertiary/aromatic N) is 1. The van der Waals surface area contributed by atoms with E-state index in [2.05, 4.69) is 5.32 Å². The minimum atomic E-state index is -0.527. The van der Waals surface area contributed by atoms with Gasteiger partial charge in [0.1, 0.15) is 12.4 Å². The Bertz CT molecular complexity index is 518. The Labute approximate surface area is 116 Å². The number of esters is 1. The summed E-state index contributed by atoms with van der Waals surface area (Å²) in [4.78, 5) is 24.8. The van der Waals surface area contributed by atoms with E-state index < -0.39 is 5.97 Å². The lowest BCUT2D eigenvalue weighted by atomic mass is 10.1. The third kappa shape index (κ3) is 2.93. The second-order valence-corrected chi connectivity index (χ2v) is 4.28. The number of hydrogen-bond acceptors (Lipinski definition) is 5. The minimum absolute atomic E-state index is 0.128. The average molecular weight is 279 g/mol. The van der Waals surface area contributed by atoms with Crippen molar-refractivity contribution in [2.45, 2.75) is 0 Å². The molecule has 0 atom stereocenters. The van der Waals surface area contributed by atoms with Gasteiger partial charge in [0.15, 0.2) is 0 Å². The molecule has 7 heteroatoms. The third-order valence-electron chi connectivity index (χ3n) is 3.05. The number of rotatable bonds is 5. The zero-order chi connectivity index (χ0) is 14.5. The van der Waals surface area contributed by atoms with Crippen molar-refractivity contribution < 1.29 is 19.1 Å². The van der Waals surface area contributed by atoms with Crippen LogP contribution in [0.15, 0.2) is 18.2 Å². The summed E-state index contributed by atoms with van der Waals surface area (Å²) in [7, 11) is 1.48. The number of methoxy groups -OCH3 is 1. The monoisotopic (exact) mass is 279 g/mol. The molecule has 0 aromatic heterocycles. The molecule has 20 heavy (non-hydrogen) atoms. The van der Waals surface area contributed by atoms with Crippen LogP contribution in [0.2, 0.25) is 0 Å². The molecule has 108 valence electrons. The van der Waals surface area contributed by atoms with E-state index in [1.165, 1.54) is 7.11 Å². The van der Waals surface area contributed by atoms with E-state index in [0.717, 1.165) is 0 Å². The maximum absolute atomic E-state index is 11.9. The molecule has 1 saturated heterocycles. The summed E-state index contributed by atoms with van der Waals surface area (Å²) in [6.07, 6.45) is 0. The fourth-order valence-corrected chi connectivity index (χ4v) is 1.95. The van der Waals surface area contributed by atoms with Gasteiger partial charge in [0.2, 0.25) is 0 Å². The third-order valence-corrected chi connectivity index (χ3v) is 3.05. The van der Waals surface area contributed by atoms with Gasteiger partial charge in [0, 0.05) is 13.1 Å². The Hall–Kier alpha value is -2.44. The summed E-state index contributed by atoms with van der Waals surface area (Å²) in [5.41, 5.74) is 6.32. The molecule has 0 unspecified atom stereocenters. The lowest BCUT2D eigenvalue weighted by Crippen LogP contribution is -2.31. The molecule has 1 aromatic carbocycles. The van der Waals surface area contributed by atoms with Crippen LogP contribution in [-0.2, 0) is 4.74 Å². The van der Waals surface area contributed by atoms with Crippen LogP contribution in [0.3, 0.4) is 0 Å². The summed E-state index contributed by atoms with van der Waals surface area (Å²) in [6, 6.07) is 4.77. The first-order chi connectivity index (χ1) is 9.63. The molecule has 0 radical (unpaired) electrons. The summed E-state index contributed by atoms with van der Waals surface area (Å²) in [6.45, 7) is 1.73. The Balaban J connectivity index is 1.90. The van der Waals surface area contributed by atoms with E-state index >= 15 is 0 Å². The molecule has 0 spiro atoms. The van der Waals surface area contributed by atoms with Gasteiger partial charge in [-0.05, 0) is 12.1 Å². The van der Waals surface area contributed by atoms with Crippen LogP contribution >= 0.6 is 0 Å². The van der Waals surface area contributed by atoms with E-state index in [1.807, 2.05) is 0 Å². The van der Waals surface area contributed by atoms with Gasteiger partial charge < -0.3 is 25.4 Å². The van der Waals surface area contributed by atoms with Gasteiger partial charge in [-0.3, -0.25) is 0 Å². The molecule has 7 nitrogen and oxygen atoms in total. The number of urea groups is 1. The normalized spacial score (nSPS) is 14.1. The number of benzene rings is 1. The van der Waals surface area contributed by atoms with Crippen molar-refractivity contribution in [1.82, 2.24) is 10.2 Å². The second kappa shape index (κ2) is 6.14. The number of nitrogens with one attached hydrogen (secondary N) is 1. The quantitative estimate of drug-likeness (QED) is 0.603. The second-order valence-electron chi connectivity index (χ2n) is 4.28. The van der Waals surface area contributed by atoms with E-state index in [0.29, 0.717) is 25.4 Å². The number of nitrogen functional groups attached to an aromatic ring is 1. The van der Waals surface area contributed by atoms with Crippen LogP contribution in [0, 0.1) is 0 Å². The highest BCUT2D eigenvalue weighted by Crippen LogP contribution is 2.25. The Morgan fingerprint density at radius 1 is 1.50 bits per heavy atom. The summed E-state index contributed by atoms with van der Waals surface area (Å²) in [5, 5.41) is 2.67. The first kappa shape index (κ1) is 14.0. The van der Waals surface area contributed by atoms with E-state index in [-0.39, 0.29) is 23.9 Å². The number of carbonyl (C=O) groups is 2. The first-order valence-electron chi connectivity index (χ1n) is 6.26. The molecule has 1 fully saturated rings. The number of ether oxygens (including phenoxy) is 2. The number of amides is 2. The van der Waals surface area contributed by atoms with E-state index in [1.54, 1.807) is 23.1 Å². The number of nitrogens with two attached hydrogens (primary N) is 1. The number of para-hydroxylation sites is 1. The standard InChI is InChI=1S/C13H17N3O4/c1-19-10-4-2-3-9(11(10)14)12(17)20-8-7-16-6-5-15-13(16)18/h2-4H,5-8,14H2,1H3,(H,15,18). The van der Waals surface area contributed by atoms with Gasteiger partial charge in [0.25, 0.3) is 0 Å². The highest BCUT2D eigenvalue weighted by atomic mass is 16.5. The number of anilines is 1. The molecular weight excluding hydrogens is 262 g/mol. The predicted octanol–water partition coefficient (Wildman–Crippen LogP) is 0.459. The lowest BCUT2D eigenvalue weighted by molar-refractivity contribution is 0.0482. The molecule has 0 saturated carbocycles. The zero-order valence-electron chi connectivity index (χ0n) is 11.2. The van der Waals surface area contributed by atoms with Gasteiger partial charge in [-0.15, -0.1) is 0 Å². The number of carbonyl (C=O) groups excluding carboxylic acids is 2. The van der Waals surface area contributed by atoms with Crippen molar-refractivity contribution in [2.24, 2.45) is 0 Å². The zero-order valence-corrected chi connectivity index (χ0v) is 11.2. The number of hydrogen-bond donors (Lipinski definition) is 2. The fourth-order valence-electron chi connectivity index (χ4n) is 1.95. The van der Waals surface area contributed by atoms with Crippen LogP contribution in [0.5, 0.6) is 5.75 Å². The van der Waals surface area contributed by atoms with E-state index in [4.69, 9.17) is 15.2 Å². The Morgan fingerprint density at radius 2 is 2.30 bits per heavy atom. The van der Waals surface area contributed by atoms with Crippen molar-refractivity contribution in [3.8, 4) is 5.75 Å². The molecule has 2 amide bonds. The Kier molecular flexibility index (Phi) is 4.29. The van der Waals surface area contributed by atoms with Crippen molar-refractivity contribution in [3.05, 3.63) is 23.8 Å². The summed E-state index contributed by atoms with van der Waals surface area (Å²) >= 11 is 0. The SMILES string of the molecule is COc1cccc(C(=O)OCCN2CCNC2=O)c1N. The van der Waals surface area contributed by atoms with Gasteiger partial charge in [-0.1, -0.05) is 6.07 Å². The van der Waals surface area contributed by atoms with Crippen LogP contribution < -0.4 is 15.8 Å². The van der Waals surface area contributed by atoms with E-state index in [9.17, 15) is 9.59 Å². The van der Waals surface area contributed by atoms with Crippen molar-refractivity contribution >= 4 is 17.7 Å². The molecule has 1 aliphatic heterocycles. The van der Waals surface area contributed by atoms with Gasteiger partial charge in [-0.25, -0.2) is 9.59 Å². The van der Waals surface area contributed by atoms with Crippen molar-refractivity contribution in [3.63, 3.8) is 0 Å². The molecular formula is C13H17N3O4. The summed E-state index contributed by atoms with van der Waals surface area (Å²) in [5.74, 6) is -0.0978. The van der Waals surface area contributed by atoms with Crippen LogP contribution in [0.1, 0.15) is 10.4 Å². The maximum atomic E-state index is 11.9. The van der Waals surface area contributed by atoms with Crippen LogP contribution in [0.25, 0.3) is 0 Å². The van der Waals surface area contributed by atoms with Gasteiger partial charge >= 0.3 is 12.0 Å². The molecule has 0 aliphatic carbocycles. The topological polar surface area (TPSA) is 93.9 Å². The highest BCUT2D eigenvalue weighted by molar-refractivity contribution is 5.96. The molecule has 1 aromatic rings. The Morgan fingerprint density at radius 3 is 2.95 bits per heavy atom. The van der Waals surface area contributed by atoms with Crippen LogP contribution in [-0.4, -0.2) is 50.3 Å². The highest BCUT2D eigenvalue weighted by Gasteiger charge is 2.20. The molecule has 1 heterocycles. The fraction of sp³-hybridized carbons (Fsp3) is 0.385. The molecule has 3 N–H and O–H groups in total. The van der Waals surface area contributed by atoms with Crippen molar-refractivity contribution in [1.29, 1.82) is 0 Å². The molecule has 2 rings (SSSR count). The van der Waals surface area contributed by atoms with Crippen molar-refractivity contribution in [2.75, 3.05) is 39.1 Å². The minimum Gasteiger partial charge on any atom is -0.495 e. The first-order valence-corrected chi connectivity index (χ1v) is 6.26. The maximum Gasteiger partial charge on any atom is 0.340 e. The molecule has 0 bridgehead atoms. The largest absolute Gasteiger partial charge is 0.495 e. The van der Waals surface area contributed by atoms with Crippen LogP contribution in [0.4, 0.5) is 10.5 Å². The predicted molar refractivity (Wildman–Crippen MR) is 72.7 cm³/mol. The summed E-state index contributed by atoms with van der Waals surface area (Å²) < 4.78 is 10.2. The lowest BCUT2D eigenvalue weighted by Gasteiger charge is -2.14. The molecule has 1 aliphatic rings. The van der Waals surface area contributed by atoms with Gasteiger partial charge in [0.05, 0.1) is 24.9 Å².